The fourth-order valence-electron chi connectivity index (χ4n) is 3.43. The van der Waals surface area contributed by atoms with Gasteiger partial charge in [-0.25, -0.2) is 0 Å². The topological polar surface area (TPSA) is 107 Å². The molecule has 1 amide bonds. The maximum absolute atomic E-state index is 12.8. The second-order valence-corrected chi connectivity index (χ2v) is 7.10. The molecule has 0 aliphatic carbocycles. The SMILES string of the molecule is COc1cc(C2/C(=C(/O)c3ccc(C)cc3)C(=O)C(=O)N2CC(C)O)ccc1O. The van der Waals surface area contributed by atoms with Gasteiger partial charge in [0.2, 0.25) is 0 Å². The Labute approximate surface area is 168 Å². The van der Waals surface area contributed by atoms with Crippen LogP contribution in [0.1, 0.15) is 29.7 Å². The van der Waals surface area contributed by atoms with E-state index in [0.29, 0.717) is 11.1 Å². The normalized spacial score (nSPS) is 19.4. The number of ether oxygens (including phenoxy) is 1. The molecule has 2 aromatic rings. The molecule has 3 N–H and O–H groups in total. The number of amides is 1. The zero-order valence-electron chi connectivity index (χ0n) is 16.4. The van der Waals surface area contributed by atoms with Gasteiger partial charge < -0.3 is 25.0 Å². The molecule has 0 bridgehead atoms. The molecule has 7 nitrogen and oxygen atoms in total. The third-order valence-electron chi connectivity index (χ3n) is 4.85. The lowest BCUT2D eigenvalue weighted by Gasteiger charge is -2.26. The average molecular weight is 397 g/mol. The van der Waals surface area contributed by atoms with E-state index in [0.717, 1.165) is 5.56 Å². The standard InChI is InChI=1S/C22H23NO6/c1-12-4-6-14(7-5-12)20(26)18-19(15-8-9-16(25)17(10-15)29-3)23(11-13(2)24)22(28)21(18)27/h4-10,13,19,24-26H,11H2,1-3H3/b20-18-. The Balaban J connectivity index is 2.21. The number of Topliss-reactive ketones (excluding diaryl/α,β-unsaturated/α-hetero) is 1. The van der Waals surface area contributed by atoms with Crippen LogP contribution in [0.3, 0.4) is 0 Å². The van der Waals surface area contributed by atoms with Crippen LogP contribution in [0.15, 0.2) is 48.0 Å². The van der Waals surface area contributed by atoms with Crippen molar-refractivity contribution in [3.05, 3.63) is 64.7 Å². The molecule has 2 unspecified atom stereocenters. The highest BCUT2D eigenvalue weighted by atomic mass is 16.5. The van der Waals surface area contributed by atoms with Gasteiger partial charge in [0.25, 0.3) is 11.7 Å². The number of β-amino-alcohol motifs (C(OH)–C–C–N with tert-alkyl or cyclic N) is 1. The lowest BCUT2D eigenvalue weighted by Crippen LogP contribution is -2.35. The lowest BCUT2D eigenvalue weighted by molar-refractivity contribution is -0.140. The number of likely N-dealkylation sites (tertiary alicyclic amines) is 1. The summed E-state index contributed by atoms with van der Waals surface area (Å²) in [6, 6.07) is 10.4. The van der Waals surface area contributed by atoms with E-state index in [4.69, 9.17) is 4.74 Å². The van der Waals surface area contributed by atoms with Crippen molar-refractivity contribution in [1.29, 1.82) is 0 Å². The predicted molar refractivity (Wildman–Crippen MR) is 107 cm³/mol. The summed E-state index contributed by atoms with van der Waals surface area (Å²) in [6.45, 7) is 3.31. The number of phenolic OH excluding ortho intramolecular Hbond substituents is 1. The van der Waals surface area contributed by atoms with Crippen LogP contribution >= 0.6 is 0 Å². The fourth-order valence-corrected chi connectivity index (χ4v) is 3.43. The lowest BCUT2D eigenvalue weighted by atomic mass is 9.94. The Morgan fingerprint density at radius 1 is 1.17 bits per heavy atom. The van der Waals surface area contributed by atoms with Crippen molar-refractivity contribution in [2.45, 2.75) is 26.0 Å². The summed E-state index contributed by atoms with van der Waals surface area (Å²) in [4.78, 5) is 26.7. The highest BCUT2D eigenvalue weighted by Crippen LogP contribution is 2.41. The van der Waals surface area contributed by atoms with E-state index >= 15 is 0 Å². The van der Waals surface area contributed by atoms with Gasteiger partial charge in [-0.1, -0.05) is 35.9 Å². The molecule has 0 spiro atoms. The number of hydrogen-bond donors (Lipinski definition) is 3. The second-order valence-electron chi connectivity index (χ2n) is 7.10. The molecule has 3 rings (SSSR count). The number of ketones is 1. The van der Waals surface area contributed by atoms with Crippen molar-refractivity contribution >= 4 is 17.4 Å². The first kappa shape index (κ1) is 20.4. The zero-order chi connectivity index (χ0) is 21.3. The number of carbonyl (C=O) groups excluding carboxylic acids is 2. The van der Waals surface area contributed by atoms with Crippen molar-refractivity contribution in [1.82, 2.24) is 4.90 Å². The molecular formula is C22H23NO6. The molecule has 2 aromatic carbocycles. The number of aliphatic hydroxyl groups is 2. The third kappa shape index (κ3) is 3.82. The van der Waals surface area contributed by atoms with Gasteiger partial charge in [-0.2, -0.15) is 0 Å². The summed E-state index contributed by atoms with van der Waals surface area (Å²) in [5.41, 5.74) is 1.78. The van der Waals surface area contributed by atoms with Crippen LogP contribution in [-0.4, -0.2) is 51.7 Å². The number of nitrogens with zero attached hydrogens (tertiary/aromatic N) is 1. The van der Waals surface area contributed by atoms with Gasteiger partial charge in [0, 0.05) is 12.1 Å². The largest absolute Gasteiger partial charge is 0.507 e. The molecule has 0 saturated carbocycles. The van der Waals surface area contributed by atoms with Crippen molar-refractivity contribution in [2.75, 3.05) is 13.7 Å². The molecule has 1 fully saturated rings. The molecule has 1 aliphatic rings. The molecule has 1 saturated heterocycles. The summed E-state index contributed by atoms with van der Waals surface area (Å²) in [5.74, 6) is -1.87. The third-order valence-corrected chi connectivity index (χ3v) is 4.85. The number of rotatable bonds is 5. The molecule has 0 radical (unpaired) electrons. The van der Waals surface area contributed by atoms with E-state index < -0.39 is 23.8 Å². The maximum atomic E-state index is 12.8. The minimum absolute atomic E-state index is 0.0766. The van der Waals surface area contributed by atoms with Crippen LogP contribution in [0.4, 0.5) is 0 Å². The number of aliphatic hydroxyl groups excluding tert-OH is 2. The van der Waals surface area contributed by atoms with Crippen molar-refractivity contribution in [2.24, 2.45) is 0 Å². The Morgan fingerprint density at radius 2 is 1.83 bits per heavy atom. The Bertz CT molecular complexity index is 977. The quantitative estimate of drug-likeness (QED) is 0.407. The number of aryl methyl sites for hydroxylation is 1. The zero-order valence-corrected chi connectivity index (χ0v) is 16.4. The van der Waals surface area contributed by atoms with Crippen LogP contribution in [0.2, 0.25) is 0 Å². The summed E-state index contributed by atoms with van der Waals surface area (Å²) in [6.07, 6.45) is -0.880. The van der Waals surface area contributed by atoms with Gasteiger partial charge in [-0.05, 0) is 31.5 Å². The van der Waals surface area contributed by atoms with Crippen molar-refractivity contribution in [3.8, 4) is 11.5 Å². The highest BCUT2D eigenvalue weighted by Gasteiger charge is 2.46. The van der Waals surface area contributed by atoms with Gasteiger partial charge in [0.1, 0.15) is 5.76 Å². The van der Waals surface area contributed by atoms with E-state index in [1.54, 1.807) is 30.3 Å². The Hall–Kier alpha value is -3.32. The van der Waals surface area contributed by atoms with E-state index in [1.165, 1.54) is 31.1 Å². The minimum atomic E-state index is -0.930. The Morgan fingerprint density at radius 3 is 2.41 bits per heavy atom. The van der Waals surface area contributed by atoms with Crippen molar-refractivity contribution in [3.63, 3.8) is 0 Å². The van der Waals surface area contributed by atoms with Crippen LogP contribution < -0.4 is 4.74 Å². The smallest absolute Gasteiger partial charge is 0.295 e. The van der Waals surface area contributed by atoms with Gasteiger partial charge in [-0.3, -0.25) is 9.59 Å². The monoisotopic (exact) mass is 397 g/mol. The molecular weight excluding hydrogens is 374 g/mol. The van der Waals surface area contributed by atoms with E-state index in [9.17, 15) is 24.9 Å². The van der Waals surface area contributed by atoms with Gasteiger partial charge >= 0.3 is 0 Å². The number of aromatic hydroxyl groups is 1. The molecule has 29 heavy (non-hydrogen) atoms. The number of hydrogen-bond acceptors (Lipinski definition) is 6. The Kier molecular flexibility index (Phi) is 5.61. The van der Waals surface area contributed by atoms with Gasteiger partial charge in [0.05, 0.1) is 24.8 Å². The number of benzene rings is 2. The summed E-state index contributed by atoms with van der Waals surface area (Å²) in [7, 11) is 1.39. The first-order valence-electron chi connectivity index (χ1n) is 9.15. The number of methoxy groups -OCH3 is 1. The number of phenols is 1. The fraction of sp³-hybridized carbons (Fsp3) is 0.273. The van der Waals surface area contributed by atoms with E-state index in [1.807, 2.05) is 6.92 Å². The molecule has 1 aliphatic heterocycles. The van der Waals surface area contributed by atoms with E-state index in [-0.39, 0.29) is 29.4 Å². The molecule has 0 aromatic heterocycles. The highest BCUT2D eigenvalue weighted by molar-refractivity contribution is 6.46. The molecule has 7 heteroatoms. The summed E-state index contributed by atoms with van der Waals surface area (Å²) < 4.78 is 5.14. The minimum Gasteiger partial charge on any atom is -0.507 e. The van der Waals surface area contributed by atoms with Gasteiger partial charge in [-0.15, -0.1) is 0 Å². The molecule has 2 atom stereocenters. The van der Waals surface area contributed by atoms with Crippen LogP contribution in [0.5, 0.6) is 11.5 Å². The number of carbonyl (C=O) groups is 2. The predicted octanol–water partition coefficient (Wildman–Crippen LogP) is 2.51. The van der Waals surface area contributed by atoms with Crippen LogP contribution in [-0.2, 0) is 9.59 Å². The van der Waals surface area contributed by atoms with Crippen molar-refractivity contribution < 1.29 is 29.6 Å². The molecule has 152 valence electrons. The maximum Gasteiger partial charge on any atom is 0.295 e. The summed E-state index contributed by atoms with van der Waals surface area (Å²) in [5, 5.41) is 30.6. The molecule has 1 heterocycles. The van der Waals surface area contributed by atoms with Crippen LogP contribution in [0.25, 0.3) is 5.76 Å². The van der Waals surface area contributed by atoms with E-state index in [2.05, 4.69) is 0 Å². The first-order valence-corrected chi connectivity index (χ1v) is 9.15. The first-order chi connectivity index (χ1) is 13.7. The summed E-state index contributed by atoms with van der Waals surface area (Å²) >= 11 is 0. The van der Waals surface area contributed by atoms with Gasteiger partial charge in [0.15, 0.2) is 11.5 Å². The van der Waals surface area contributed by atoms with Crippen LogP contribution in [0, 0.1) is 6.92 Å². The average Bonchev–Trinajstić information content (AvgIpc) is 2.93. The second kappa shape index (κ2) is 7.97.